The van der Waals surface area contributed by atoms with Gasteiger partial charge in [-0.1, -0.05) is 12.1 Å². The number of halogens is 1. The van der Waals surface area contributed by atoms with E-state index in [-0.39, 0.29) is 11.8 Å². The quantitative estimate of drug-likeness (QED) is 0.800. The monoisotopic (exact) mass is 356 g/mol. The summed E-state index contributed by atoms with van der Waals surface area (Å²) in [5, 5.41) is 6.44. The predicted molar refractivity (Wildman–Crippen MR) is 80.4 cm³/mol. The Morgan fingerprint density at radius 2 is 2.06 bits per heavy atom. The lowest BCUT2D eigenvalue weighted by atomic mass is 9.92. The third-order valence-electron chi connectivity index (χ3n) is 4.24. The highest BCUT2D eigenvalue weighted by molar-refractivity contribution is 14.1. The van der Waals surface area contributed by atoms with Crippen LogP contribution in [-0.2, 0) is 4.79 Å². The fourth-order valence-corrected chi connectivity index (χ4v) is 3.50. The molecule has 1 atom stereocenters. The summed E-state index contributed by atoms with van der Waals surface area (Å²) in [7, 11) is 0. The summed E-state index contributed by atoms with van der Waals surface area (Å²) in [6.45, 7) is 2.12. The minimum Gasteiger partial charge on any atom is -0.325 e. The predicted octanol–water partition coefficient (Wildman–Crippen LogP) is 2.62. The van der Waals surface area contributed by atoms with E-state index in [9.17, 15) is 4.79 Å². The third-order valence-corrected chi connectivity index (χ3v) is 5.18. The number of anilines is 1. The van der Waals surface area contributed by atoms with Gasteiger partial charge in [0.05, 0.1) is 5.69 Å². The van der Waals surface area contributed by atoms with Gasteiger partial charge in [-0.05, 0) is 72.5 Å². The fourth-order valence-electron chi connectivity index (χ4n) is 2.98. The molecule has 1 unspecified atom stereocenters. The number of rotatable bonds is 2. The van der Waals surface area contributed by atoms with Gasteiger partial charge in [0.2, 0.25) is 5.91 Å². The highest BCUT2D eigenvalue weighted by Crippen LogP contribution is 2.58. The van der Waals surface area contributed by atoms with Gasteiger partial charge in [-0.25, -0.2) is 0 Å². The maximum absolute atomic E-state index is 12.3. The number of benzene rings is 1. The van der Waals surface area contributed by atoms with Crippen molar-refractivity contribution >= 4 is 34.2 Å². The van der Waals surface area contributed by atoms with Crippen LogP contribution in [0.5, 0.6) is 0 Å². The Morgan fingerprint density at radius 3 is 2.78 bits per heavy atom. The molecule has 1 saturated carbocycles. The van der Waals surface area contributed by atoms with E-state index >= 15 is 0 Å². The van der Waals surface area contributed by atoms with Crippen LogP contribution < -0.4 is 10.6 Å². The highest BCUT2D eigenvalue weighted by atomic mass is 127. The molecule has 3 nitrogen and oxygen atoms in total. The van der Waals surface area contributed by atoms with Gasteiger partial charge in [-0.15, -0.1) is 0 Å². The molecule has 0 bridgehead atoms. The summed E-state index contributed by atoms with van der Waals surface area (Å²) >= 11 is 2.26. The van der Waals surface area contributed by atoms with Crippen LogP contribution in [0.2, 0.25) is 0 Å². The second-order valence-corrected chi connectivity index (χ2v) is 6.50. The van der Waals surface area contributed by atoms with Crippen molar-refractivity contribution in [3.8, 4) is 0 Å². The number of para-hydroxylation sites is 1. The second kappa shape index (κ2) is 4.81. The number of carbonyl (C=O) groups is 1. The Morgan fingerprint density at radius 1 is 1.33 bits per heavy atom. The number of hydrogen-bond donors (Lipinski definition) is 2. The average Bonchev–Trinajstić information content (AvgIpc) is 3.07. The molecule has 1 aliphatic heterocycles. The third kappa shape index (κ3) is 2.28. The van der Waals surface area contributed by atoms with Crippen molar-refractivity contribution in [1.82, 2.24) is 5.32 Å². The van der Waals surface area contributed by atoms with Crippen molar-refractivity contribution in [3.05, 3.63) is 27.8 Å². The first kappa shape index (κ1) is 12.4. The summed E-state index contributed by atoms with van der Waals surface area (Å²) < 4.78 is 1.10. The van der Waals surface area contributed by atoms with Gasteiger partial charge in [-0.2, -0.15) is 0 Å². The van der Waals surface area contributed by atoms with Crippen LogP contribution in [0.25, 0.3) is 0 Å². The number of carbonyl (C=O) groups excluding carboxylic acids is 1. The van der Waals surface area contributed by atoms with Crippen molar-refractivity contribution in [1.29, 1.82) is 0 Å². The van der Waals surface area contributed by atoms with Crippen LogP contribution in [0, 0.1) is 14.9 Å². The summed E-state index contributed by atoms with van der Waals surface area (Å²) in [4.78, 5) is 12.3. The van der Waals surface area contributed by atoms with Crippen LogP contribution in [0.15, 0.2) is 24.3 Å². The van der Waals surface area contributed by atoms with Crippen LogP contribution in [0.1, 0.15) is 19.3 Å². The molecule has 4 heteroatoms. The Kier molecular flexibility index (Phi) is 3.32. The van der Waals surface area contributed by atoms with Gasteiger partial charge in [0.25, 0.3) is 0 Å². The van der Waals surface area contributed by atoms with Crippen LogP contribution in [0.3, 0.4) is 0 Å². The van der Waals surface area contributed by atoms with Crippen LogP contribution in [0.4, 0.5) is 5.69 Å². The van der Waals surface area contributed by atoms with Crippen molar-refractivity contribution in [2.24, 2.45) is 11.3 Å². The molecule has 2 fully saturated rings. The summed E-state index contributed by atoms with van der Waals surface area (Å²) in [5.74, 6) is 0.441. The van der Waals surface area contributed by atoms with Gasteiger partial charge < -0.3 is 10.6 Å². The SMILES string of the molecule is O=C(Nc1ccccc1I)C1CC12CCNCC2. The Balaban J connectivity index is 1.65. The molecule has 96 valence electrons. The topological polar surface area (TPSA) is 41.1 Å². The van der Waals surface area contributed by atoms with E-state index in [0.717, 1.165) is 41.6 Å². The van der Waals surface area contributed by atoms with Crippen molar-refractivity contribution in [3.63, 3.8) is 0 Å². The molecule has 1 spiro atoms. The van der Waals surface area contributed by atoms with Gasteiger partial charge in [0, 0.05) is 9.49 Å². The van der Waals surface area contributed by atoms with E-state index in [4.69, 9.17) is 0 Å². The van der Waals surface area contributed by atoms with E-state index in [1.165, 1.54) is 0 Å². The number of nitrogens with one attached hydrogen (secondary N) is 2. The fraction of sp³-hybridized carbons (Fsp3) is 0.500. The molecule has 2 aliphatic rings. The molecular weight excluding hydrogens is 339 g/mol. The van der Waals surface area contributed by atoms with Gasteiger partial charge in [-0.3, -0.25) is 4.79 Å². The molecule has 1 aromatic rings. The van der Waals surface area contributed by atoms with Crippen molar-refractivity contribution in [2.45, 2.75) is 19.3 Å². The molecule has 0 aromatic heterocycles. The molecular formula is C14H17IN2O. The van der Waals surface area contributed by atoms with E-state index in [1.807, 2.05) is 24.3 Å². The second-order valence-electron chi connectivity index (χ2n) is 5.34. The van der Waals surface area contributed by atoms with E-state index in [2.05, 4.69) is 33.2 Å². The molecule has 18 heavy (non-hydrogen) atoms. The lowest BCUT2D eigenvalue weighted by molar-refractivity contribution is -0.118. The standard InChI is InChI=1S/C14H17IN2O/c15-11-3-1-2-4-12(11)17-13(18)10-9-14(10)5-7-16-8-6-14/h1-4,10,16H,5-9H2,(H,17,18). The van der Waals surface area contributed by atoms with Crippen molar-refractivity contribution in [2.75, 3.05) is 18.4 Å². The van der Waals surface area contributed by atoms with Gasteiger partial charge in [0.1, 0.15) is 0 Å². The number of piperidine rings is 1. The van der Waals surface area contributed by atoms with Crippen LogP contribution in [-0.4, -0.2) is 19.0 Å². The molecule has 1 saturated heterocycles. The first-order chi connectivity index (χ1) is 8.71. The zero-order valence-corrected chi connectivity index (χ0v) is 12.4. The number of hydrogen-bond acceptors (Lipinski definition) is 2. The van der Waals surface area contributed by atoms with E-state index < -0.39 is 0 Å². The lowest BCUT2D eigenvalue weighted by Crippen LogP contribution is -2.31. The average molecular weight is 356 g/mol. The van der Waals surface area contributed by atoms with Crippen molar-refractivity contribution < 1.29 is 4.79 Å². The van der Waals surface area contributed by atoms with Gasteiger partial charge >= 0.3 is 0 Å². The summed E-state index contributed by atoms with van der Waals surface area (Å²) in [6, 6.07) is 7.94. The lowest BCUT2D eigenvalue weighted by Gasteiger charge is -2.23. The summed E-state index contributed by atoms with van der Waals surface area (Å²) in [5.41, 5.74) is 1.26. The summed E-state index contributed by atoms with van der Waals surface area (Å²) in [6.07, 6.45) is 3.37. The number of amides is 1. The minimum absolute atomic E-state index is 0.209. The maximum Gasteiger partial charge on any atom is 0.228 e. The first-order valence-corrected chi connectivity index (χ1v) is 7.55. The molecule has 1 aromatic carbocycles. The molecule has 2 N–H and O–H groups in total. The Labute approximate surface area is 121 Å². The smallest absolute Gasteiger partial charge is 0.228 e. The molecule has 1 amide bonds. The van der Waals surface area contributed by atoms with Crippen LogP contribution >= 0.6 is 22.6 Å². The molecule has 3 rings (SSSR count). The zero-order chi connectivity index (χ0) is 12.6. The molecule has 0 radical (unpaired) electrons. The largest absolute Gasteiger partial charge is 0.325 e. The van der Waals surface area contributed by atoms with E-state index in [1.54, 1.807) is 0 Å². The molecule has 1 heterocycles. The minimum atomic E-state index is 0.209. The first-order valence-electron chi connectivity index (χ1n) is 6.47. The normalized spacial score (nSPS) is 24.8. The maximum atomic E-state index is 12.3. The van der Waals surface area contributed by atoms with E-state index in [0.29, 0.717) is 5.41 Å². The molecule has 1 aliphatic carbocycles. The Hall–Kier alpha value is -0.620. The Bertz CT molecular complexity index is 469. The zero-order valence-electron chi connectivity index (χ0n) is 10.2. The van der Waals surface area contributed by atoms with Gasteiger partial charge in [0.15, 0.2) is 0 Å². The highest BCUT2D eigenvalue weighted by Gasteiger charge is 2.57.